The van der Waals surface area contributed by atoms with Crippen molar-refractivity contribution in [1.82, 2.24) is 20.1 Å². The highest BCUT2D eigenvalue weighted by molar-refractivity contribution is 5.98. The minimum atomic E-state index is 0.233. The Morgan fingerprint density at radius 1 is 1.11 bits per heavy atom. The number of aromatic nitrogens is 1. The molecule has 5 nitrogen and oxygen atoms in total. The van der Waals surface area contributed by atoms with Crippen LogP contribution in [0, 0.1) is 0 Å². The second-order valence-corrected chi connectivity index (χ2v) is 8.62. The van der Waals surface area contributed by atoms with Crippen LogP contribution in [0.5, 0.6) is 0 Å². The third kappa shape index (κ3) is 3.49. The fourth-order valence-electron chi connectivity index (χ4n) is 5.15. The zero-order valence-corrected chi connectivity index (χ0v) is 16.5. The van der Waals surface area contributed by atoms with Gasteiger partial charge in [-0.1, -0.05) is 12.1 Å². The van der Waals surface area contributed by atoms with Gasteiger partial charge in [-0.3, -0.25) is 9.69 Å². The average Bonchev–Trinajstić information content (AvgIpc) is 3.37. The van der Waals surface area contributed by atoms with Gasteiger partial charge in [0.1, 0.15) is 0 Å². The zero-order valence-electron chi connectivity index (χ0n) is 16.5. The van der Waals surface area contributed by atoms with Gasteiger partial charge in [0.05, 0.1) is 0 Å². The van der Waals surface area contributed by atoms with E-state index >= 15 is 0 Å². The van der Waals surface area contributed by atoms with E-state index in [-0.39, 0.29) is 5.91 Å². The van der Waals surface area contributed by atoms with Gasteiger partial charge in [0.25, 0.3) is 5.91 Å². The maximum atomic E-state index is 12.9. The van der Waals surface area contributed by atoms with Crippen molar-refractivity contribution in [2.75, 3.05) is 26.2 Å². The Bertz CT molecular complexity index is 817. The molecular formula is C23H30N4O. The molecule has 1 unspecified atom stereocenters. The van der Waals surface area contributed by atoms with Gasteiger partial charge in [-0.15, -0.1) is 0 Å². The van der Waals surface area contributed by atoms with Crippen molar-refractivity contribution in [3.05, 3.63) is 58.9 Å². The highest BCUT2D eigenvalue weighted by atomic mass is 16.2. The number of H-pyrrole nitrogens is 1. The smallest absolute Gasteiger partial charge is 0.254 e. The van der Waals surface area contributed by atoms with Gasteiger partial charge >= 0.3 is 0 Å². The Labute approximate surface area is 167 Å². The zero-order chi connectivity index (χ0) is 18.9. The molecule has 1 aromatic carbocycles. The number of rotatable bonds is 4. The fraction of sp³-hybridized carbons (Fsp3) is 0.522. The van der Waals surface area contributed by atoms with E-state index < -0.39 is 0 Å². The Hall–Kier alpha value is -2.11. The number of piperidine rings is 2. The van der Waals surface area contributed by atoms with E-state index in [0.717, 1.165) is 57.7 Å². The number of amides is 1. The van der Waals surface area contributed by atoms with E-state index in [1.165, 1.54) is 29.5 Å². The first-order chi connectivity index (χ1) is 13.8. The lowest BCUT2D eigenvalue weighted by Gasteiger charge is -2.32. The van der Waals surface area contributed by atoms with Gasteiger partial charge in [-0.05, 0) is 80.1 Å². The van der Waals surface area contributed by atoms with Crippen LogP contribution in [0.25, 0.3) is 0 Å². The maximum Gasteiger partial charge on any atom is 0.254 e. The molecule has 28 heavy (non-hydrogen) atoms. The van der Waals surface area contributed by atoms with E-state index in [1.807, 2.05) is 6.20 Å². The summed E-state index contributed by atoms with van der Waals surface area (Å²) >= 11 is 0. The summed E-state index contributed by atoms with van der Waals surface area (Å²) in [4.78, 5) is 20.7. The number of carbonyl (C=O) groups is 1. The molecule has 5 rings (SSSR count). The number of nitrogens with one attached hydrogen (secondary N) is 2. The molecule has 3 aliphatic rings. The van der Waals surface area contributed by atoms with Crippen LogP contribution in [0.3, 0.4) is 0 Å². The molecular weight excluding hydrogens is 348 g/mol. The Balaban J connectivity index is 1.23. The summed E-state index contributed by atoms with van der Waals surface area (Å²) in [5.41, 5.74) is 4.96. The van der Waals surface area contributed by atoms with Crippen LogP contribution in [0.1, 0.15) is 58.6 Å². The number of hydrogen-bond acceptors (Lipinski definition) is 3. The molecule has 5 heteroatoms. The SMILES string of the molecule is O=C1c2ccc(C3CCN(Cc4cc[nH]c4)CC3)cc2CN1C1CCCNC1. The van der Waals surface area contributed by atoms with Gasteiger partial charge in [-0.25, -0.2) is 0 Å². The molecule has 0 bridgehead atoms. The van der Waals surface area contributed by atoms with E-state index in [4.69, 9.17) is 0 Å². The molecule has 0 radical (unpaired) electrons. The summed E-state index contributed by atoms with van der Waals surface area (Å²) in [7, 11) is 0. The topological polar surface area (TPSA) is 51.4 Å². The van der Waals surface area contributed by atoms with E-state index in [1.54, 1.807) is 0 Å². The molecule has 148 valence electrons. The predicted molar refractivity (Wildman–Crippen MR) is 110 cm³/mol. The van der Waals surface area contributed by atoms with Crippen LogP contribution < -0.4 is 5.32 Å². The largest absolute Gasteiger partial charge is 0.367 e. The first kappa shape index (κ1) is 18.0. The van der Waals surface area contributed by atoms with Gasteiger partial charge in [-0.2, -0.15) is 0 Å². The van der Waals surface area contributed by atoms with Crippen molar-refractivity contribution in [3.63, 3.8) is 0 Å². The van der Waals surface area contributed by atoms with Crippen molar-refractivity contribution in [3.8, 4) is 0 Å². The molecule has 1 atom stereocenters. The van der Waals surface area contributed by atoms with Crippen LogP contribution in [0.4, 0.5) is 0 Å². The van der Waals surface area contributed by atoms with Gasteiger partial charge < -0.3 is 15.2 Å². The average molecular weight is 379 g/mol. The van der Waals surface area contributed by atoms with E-state index in [0.29, 0.717) is 12.0 Å². The molecule has 2 fully saturated rings. The lowest BCUT2D eigenvalue weighted by atomic mass is 9.88. The molecule has 0 spiro atoms. The molecule has 0 aliphatic carbocycles. The van der Waals surface area contributed by atoms with Crippen molar-refractivity contribution in [1.29, 1.82) is 0 Å². The van der Waals surface area contributed by atoms with Crippen LogP contribution in [0.2, 0.25) is 0 Å². The summed E-state index contributed by atoms with van der Waals surface area (Å²) in [6.07, 6.45) is 8.79. The molecule has 2 N–H and O–H groups in total. The van der Waals surface area contributed by atoms with Crippen molar-refractivity contribution in [2.45, 2.75) is 50.7 Å². The predicted octanol–water partition coefficient (Wildman–Crippen LogP) is 3.10. The third-order valence-electron chi connectivity index (χ3n) is 6.80. The second kappa shape index (κ2) is 7.72. The Morgan fingerprint density at radius 2 is 2.00 bits per heavy atom. The number of likely N-dealkylation sites (tertiary alicyclic amines) is 1. The molecule has 3 aliphatic heterocycles. The lowest BCUT2D eigenvalue weighted by Crippen LogP contribution is -2.46. The third-order valence-corrected chi connectivity index (χ3v) is 6.80. The highest BCUT2D eigenvalue weighted by Crippen LogP contribution is 2.33. The first-order valence-electron chi connectivity index (χ1n) is 10.8. The number of benzene rings is 1. The summed E-state index contributed by atoms with van der Waals surface area (Å²) in [6, 6.07) is 9.16. The second-order valence-electron chi connectivity index (χ2n) is 8.62. The molecule has 0 saturated carbocycles. The lowest BCUT2D eigenvalue weighted by molar-refractivity contribution is 0.0674. The van der Waals surface area contributed by atoms with Crippen LogP contribution in [-0.4, -0.2) is 52.9 Å². The minimum Gasteiger partial charge on any atom is -0.367 e. The molecule has 1 aromatic heterocycles. The first-order valence-corrected chi connectivity index (χ1v) is 10.8. The fourth-order valence-corrected chi connectivity index (χ4v) is 5.15. The Kier molecular flexibility index (Phi) is 4.95. The molecule has 2 saturated heterocycles. The van der Waals surface area contributed by atoms with Crippen molar-refractivity contribution < 1.29 is 4.79 Å². The number of fused-ring (bicyclic) bond motifs is 1. The molecule has 2 aromatic rings. The summed E-state index contributed by atoms with van der Waals surface area (Å²) in [5, 5.41) is 3.44. The molecule has 4 heterocycles. The highest BCUT2D eigenvalue weighted by Gasteiger charge is 2.34. The van der Waals surface area contributed by atoms with Crippen LogP contribution >= 0.6 is 0 Å². The van der Waals surface area contributed by atoms with Crippen molar-refractivity contribution in [2.24, 2.45) is 0 Å². The van der Waals surface area contributed by atoms with Gasteiger partial charge in [0, 0.05) is 43.6 Å². The number of aromatic amines is 1. The summed E-state index contributed by atoms with van der Waals surface area (Å²) in [5.74, 6) is 0.852. The standard InChI is InChI=1S/C23H30N4O/c28-23-22-4-3-19(12-20(22)16-27(23)21-2-1-8-24-14-21)18-6-10-26(11-7-18)15-17-5-9-25-13-17/h3-5,9,12-13,18,21,24-25H,1-2,6-8,10-11,14-16H2. The van der Waals surface area contributed by atoms with Crippen LogP contribution in [0.15, 0.2) is 36.7 Å². The number of carbonyl (C=O) groups excluding carboxylic acids is 1. The van der Waals surface area contributed by atoms with Gasteiger partial charge in [0.2, 0.25) is 0 Å². The number of nitrogens with zero attached hydrogens (tertiary/aromatic N) is 2. The minimum absolute atomic E-state index is 0.233. The van der Waals surface area contributed by atoms with Crippen molar-refractivity contribution >= 4 is 5.91 Å². The monoisotopic (exact) mass is 378 g/mol. The van der Waals surface area contributed by atoms with E-state index in [9.17, 15) is 4.79 Å². The maximum absolute atomic E-state index is 12.9. The van der Waals surface area contributed by atoms with Crippen LogP contribution in [-0.2, 0) is 13.1 Å². The summed E-state index contributed by atoms with van der Waals surface area (Å²) < 4.78 is 0. The quantitative estimate of drug-likeness (QED) is 0.860. The Morgan fingerprint density at radius 3 is 2.75 bits per heavy atom. The molecule has 1 amide bonds. The number of hydrogen-bond donors (Lipinski definition) is 2. The summed E-state index contributed by atoms with van der Waals surface area (Å²) in [6.45, 7) is 6.14. The van der Waals surface area contributed by atoms with E-state index in [2.05, 4.69) is 50.6 Å². The van der Waals surface area contributed by atoms with Gasteiger partial charge in [0.15, 0.2) is 0 Å². The normalized spacial score (nSPS) is 23.9.